The molecule has 11 nitrogen and oxygen atoms in total. The highest BCUT2D eigenvalue weighted by Gasteiger charge is 2.53. The van der Waals surface area contributed by atoms with Gasteiger partial charge in [-0.25, -0.2) is 9.59 Å². The molecule has 8 atom stereocenters. The van der Waals surface area contributed by atoms with Gasteiger partial charge in [0.25, 0.3) is 0 Å². The summed E-state index contributed by atoms with van der Waals surface area (Å²) in [5.41, 5.74) is 3.46. The topological polar surface area (TPSA) is 128 Å². The molecule has 2 aliphatic rings. The van der Waals surface area contributed by atoms with Crippen molar-refractivity contribution in [3.8, 4) is 0 Å². The van der Waals surface area contributed by atoms with Crippen LogP contribution >= 0.6 is 0 Å². The van der Waals surface area contributed by atoms with Gasteiger partial charge in [0, 0.05) is 0 Å². The Hall–Kier alpha value is -5.24. The fraction of sp³-hybridized carbons (Fsp3) is 0.289. The van der Waals surface area contributed by atoms with Crippen LogP contribution in [-0.2, 0) is 57.7 Å². The molecule has 0 amide bonds. The van der Waals surface area contributed by atoms with Crippen molar-refractivity contribution in [3.05, 3.63) is 179 Å². The molecule has 0 radical (unpaired) electrons. The Morgan fingerprint density at radius 2 is 0.821 bits per heavy atom. The van der Waals surface area contributed by atoms with Gasteiger partial charge in [0.2, 0.25) is 0 Å². The molecule has 2 heterocycles. The van der Waals surface area contributed by atoms with E-state index in [1.807, 2.05) is 97.1 Å². The number of aliphatic hydroxyl groups excluding tert-OH is 1. The second-order valence-corrected chi connectivity index (χ2v) is 13.4. The van der Waals surface area contributed by atoms with E-state index in [0.717, 1.165) is 16.7 Å². The predicted octanol–water partition coefficient (Wildman–Crippen LogP) is 6.28. The van der Waals surface area contributed by atoms with Gasteiger partial charge in [0.15, 0.2) is 12.6 Å². The first-order valence-corrected chi connectivity index (χ1v) is 18.6. The Labute approximate surface area is 325 Å². The Bertz CT molecular complexity index is 1930. The van der Waals surface area contributed by atoms with Gasteiger partial charge in [-0.05, 0) is 41.0 Å². The fourth-order valence-electron chi connectivity index (χ4n) is 6.59. The average Bonchev–Trinajstić information content (AvgIpc) is 3.75. The lowest BCUT2D eigenvalue weighted by atomic mass is 10.1. The third-order valence-corrected chi connectivity index (χ3v) is 9.48. The molecule has 11 heteroatoms. The van der Waals surface area contributed by atoms with E-state index in [0.29, 0.717) is 11.1 Å². The summed E-state index contributed by atoms with van der Waals surface area (Å²) in [5.74, 6) is -1.07. The Morgan fingerprint density at radius 3 is 1.25 bits per heavy atom. The molecular weight excluding hydrogens is 716 g/mol. The summed E-state index contributed by atoms with van der Waals surface area (Å²) in [4.78, 5) is 26.0. The zero-order chi connectivity index (χ0) is 38.5. The highest BCUT2D eigenvalue weighted by molar-refractivity contribution is 5.89. The standard InChI is InChI=1S/C45H44O11/c46-42(34-22-12-4-13-23-34)52-29-36-38(49-26-31-16-6-1-7-17-31)40(44(48)54-36)56-45-41(51-28-33-20-10-3-11-21-33)39(50-27-32-18-8-2-9-19-32)37(55-45)30-53-43(47)35-24-14-5-15-25-35/h1-25,36-41,44-45,48H,26-30H2/t36-,37-,38-,39-,40+,41+,44+,45-/m1/s1. The number of rotatable bonds is 17. The van der Waals surface area contributed by atoms with Crippen molar-refractivity contribution in [1.29, 1.82) is 0 Å². The van der Waals surface area contributed by atoms with Crippen LogP contribution < -0.4 is 0 Å². The van der Waals surface area contributed by atoms with Crippen LogP contribution in [0.3, 0.4) is 0 Å². The predicted molar refractivity (Wildman–Crippen MR) is 203 cm³/mol. The first-order valence-electron chi connectivity index (χ1n) is 18.6. The molecule has 0 saturated carbocycles. The Morgan fingerprint density at radius 1 is 0.464 bits per heavy atom. The first-order chi connectivity index (χ1) is 27.5. The molecular formula is C45H44O11. The molecule has 1 N–H and O–H groups in total. The van der Waals surface area contributed by atoms with Crippen LogP contribution in [0.2, 0.25) is 0 Å². The van der Waals surface area contributed by atoms with Gasteiger partial charge in [-0.1, -0.05) is 127 Å². The lowest BCUT2D eigenvalue weighted by Crippen LogP contribution is -2.45. The number of aliphatic hydroxyl groups is 1. The van der Waals surface area contributed by atoms with Crippen molar-refractivity contribution >= 4 is 11.9 Å². The molecule has 0 aromatic heterocycles. The lowest BCUT2D eigenvalue weighted by Gasteiger charge is -2.29. The molecule has 7 rings (SSSR count). The van der Waals surface area contributed by atoms with E-state index in [4.69, 9.17) is 37.9 Å². The van der Waals surface area contributed by atoms with E-state index in [9.17, 15) is 14.7 Å². The number of hydrogen-bond acceptors (Lipinski definition) is 11. The van der Waals surface area contributed by atoms with Gasteiger partial charge >= 0.3 is 11.9 Å². The van der Waals surface area contributed by atoms with E-state index in [1.165, 1.54) is 0 Å². The molecule has 0 unspecified atom stereocenters. The Kier molecular flexibility index (Phi) is 13.6. The van der Waals surface area contributed by atoms with E-state index in [-0.39, 0.29) is 33.0 Å². The number of esters is 2. The molecule has 2 aliphatic heterocycles. The monoisotopic (exact) mass is 760 g/mol. The number of ether oxygens (including phenoxy) is 8. The lowest BCUT2D eigenvalue weighted by molar-refractivity contribution is -0.246. The maximum Gasteiger partial charge on any atom is 0.338 e. The molecule has 2 saturated heterocycles. The number of carbonyl (C=O) groups is 2. The molecule has 0 aliphatic carbocycles. The summed E-state index contributed by atoms with van der Waals surface area (Å²) < 4.78 is 49.9. The minimum absolute atomic E-state index is 0.158. The summed E-state index contributed by atoms with van der Waals surface area (Å²) in [6.07, 6.45) is -8.04. The molecule has 5 aromatic carbocycles. The van der Waals surface area contributed by atoms with E-state index < -0.39 is 61.1 Å². The molecule has 0 spiro atoms. The SMILES string of the molecule is O=C(OC[C@H]1O[C@H](O[C@H]2[C@H](OCc3ccccc3)[C@@H](COC(=O)c3ccccc3)O[C@@H]2O)[C@@H](OCc2ccccc2)[C@@H]1OCc1ccccc1)c1ccccc1. The number of carbonyl (C=O) groups excluding carboxylic acids is 2. The number of benzene rings is 5. The summed E-state index contributed by atoms with van der Waals surface area (Å²) in [6, 6.07) is 46.1. The third kappa shape index (κ3) is 10.3. The smallest absolute Gasteiger partial charge is 0.338 e. The van der Waals surface area contributed by atoms with Gasteiger partial charge in [-0.3, -0.25) is 0 Å². The largest absolute Gasteiger partial charge is 0.459 e. The van der Waals surface area contributed by atoms with E-state index in [2.05, 4.69) is 0 Å². The maximum atomic E-state index is 13.1. The van der Waals surface area contributed by atoms with Crippen molar-refractivity contribution in [2.45, 2.75) is 69.0 Å². The highest BCUT2D eigenvalue weighted by atomic mass is 16.8. The molecule has 2 fully saturated rings. The average molecular weight is 761 g/mol. The van der Waals surface area contributed by atoms with E-state index >= 15 is 0 Å². The normalized spacial score (nSPS) is 24.4. The molecule has 5 aromatic rings. The maximum absolute atomic E-state index is 13.1. The zero-order valence-electron chi connectivity index (χ0n) is 30.6. The second kappa shape index (κ2) is 19.6. The zero-order valence-corrected chi connectivity index (χ0v) is 30.6. The van der Waals surface area contributed by atoms with Crippen LogP contribution in [0.25, 0.3) is 0 Å². The van der Waals surface area contributed by atoms with Crippen LogP contribution in [-0.4, -0.2) is 79.5 Å². The van der Waals surface area contributed by atoms with Gasteiger partial charge < -0.3 is 43.0 Å². The summed E-state index contributed by atoms with van der Waals surface area (Å²) in [7, 11) is 0. The van der Waals surface area contributed by atoms with Crippen molar-refractivity contribution in [1.82, 2.24) is 0 Å². The van der Waals surface area contributed by atoms with Crippen LogP contribution in [0.1, 0.15) is 37.4 Å². The van der Waals surface area contributed by atoms with Crippen LogP contribution in [0.5, 0.6) is 0 Å². The van der Waals surface area contributed by atoms with Crippen molar-refractivity contribution in [2.24, 2.45) is 0 Å². The van der Waals surface area contributed by atoms with Crippen LogP contribution in [0, 0.1) is 0 Å². The summed E-state index contributed by atoms with van der Waals surface area (Å²) in [5, 5.41) is 11.4. The van der Waals surface area contributed by atoms with Crippen LogP contribution in [0.15, 0.2) is 152 Å². The minimum atomic E-state index is -1.49. The molecule has 0 bridgehead atoms. The quantitative estimate of drug-likeness (QED) is 0.108. The van der Waals surface area contributed by atoms with Gasteiger partial charge in [-0.2, -0.15) is 0 Å². The van der Waals surface area contributed by atoms with Crippen LogP contribution in [0.4, 0.5) is 0 Å². The highest BCUT2D eigenvalue weighted by Crippen LogP contribution is 2.35. The van der Waals surface area contributed by atoms with Gasteiger partial charge in [-0.15, -0.1) is 0 Å². The van der Waals surface area contributed by atoms with E-state index in [1.54, 1.807) is 54.6 Å². The summed E-state index contributed by atoms with van der Waals surface area (Å²) in [6.45, 7) is 0.165. The van der Waals surface area contributed by atoms with Crippen molar-refractivity contribution < 1.29 is 52.6 Å². The summed E-state index contributed by atoms with van der Waals surface area (Å²) >= 11 is 0. The van der Waals surface area contributed by atoms with Crippen molar-refractivity contribution in [3.63, 3.8) is 0 Å². The van der Waals surface area contributed by atoms with Crippen molar-refractivity contribution in [2.75, 3.05) is 13.2 Å². The fourth-order valence-corrected chi connectivity index (χ4v) is 6.59. The first kappa shape index (κ1) is 39.0. The third-order valence-electron chi connectivity index (χ3n) is 9.48. The molecule has 56 heavy (non-hydrogen) atoms. The van der Waals surface area contributed by atoms with Gasteiger partial charge in [0.1, 0.15) is 49.8 Å². The van der Waals surface area contributed by atoms with Gasteiger partial charge in [0.05, 0.1) is 30.9 Å². The molecule has 290 valence electrons. The Balaban J connectivity index is 1.14. The second-order valence-electron chi connectivity index (χ2n) is 13.4. The minimum Gasteiger partial charge on any atom is -0.459 e. The number of hydrogen-bond donors (Lipinski definition) is 1.